The molecule has 3 aromatic rings. The van der Waals surface area contributed by atoms with Gasteiger partial charge in [-0.05, 0) is 44.7 Å². The van der Waals surface area contributed by atoms with Crippen LogP contribution in [0.5, 0.6) is 0 Å². The number of hydrogen-bond acceptors (Lipinski definition) is 5. The van der Waals surface area contributed by atoms with Crippen LogP contribution < -0.4 is 5.56 Å². The minimum Gasteiger partial charge on any atom is -0.327 e. The van der Waals surface area contributed by atoms with Crippen molar-refractivity contribution < 1.29 is 4.79 Å². The molecule has 1 saturated carbocycles. The lowest BCUT2D eigenvalue weighted by Gasteiger charge is -2.28. The van der Waals surface area contributed by atoms with Gasteiger partial charge in [-0.25, -0.2) is 9.97 Å². The molecule has 3 heterocycles. The number of thiazole rings is 1. The highest BCUT2D eigenvalue weighted by Crippen LogP contribution is 2.36. The van der Waals surface area contributed by atoms with Gasteiger partial charge in [-0.2, -0.15) is 0 Å². The summed E-state index contributed by atoms with van der Waals surface area (Å²) in [6, 6.07) is 7.55. The summed E-state index contributed by atoms with van der Waals surface area (Å²) in [6.45, 7) is 2.58. The molecule has 7 heteroatoms. The number of carbonyl (C=O) groups is 1. The van der Waals surface area contributed by atoms with Crippen LogP contribution in [-0.4, -0.2) is 31.9 Å². The van der Waals surface area contributed by atoms with E-state index in [4.69, 9.17) is 4.98 Å². The number of aromatic nitrogens is 3. The van der Waals surface area contributed by atoms with Gasteiger partial charge in [-0.3, -0.25) is 14.2 Å². The smallest absolute Gasteiger partial charge is 0.273 e. The normalized spacial score (nSPS) is 20.0. The zero-order valence-electron chi connectivity index (χ0n) is 16.5. The Balaban J connectivity index is 1.63. The second-order valence-corrected chi connectivity index (χ2v) is 9.07. The van der Waals surface area contributed by atoms with Gasteiger partial charge >= 0.3 is 0 Å². The van der Waals surface area contributed by atoms with E-state index in [0.29, 0.717) is 23.1 Å². The highest BCUT2D eigenvalue weighted by atomic mass is 32.1. The van der Waals surface area contributed by atoms with Crippen LogP contribution in [0, 0.1) is 6.92 Å². The molecule has 6 nitrogen and oxygen atoms in total. The molecule has 1 unspecified atom stereocenters. The predicted molar refractivity (Wildman–Crippen MR) is 113 cm³/mol. The van der Waals surface area contributed by atoms with Gasteiger partial charge in [0.15, 0.2) is 0 Å². The van der Waals surface area contributed by atoms with E-state index in [0.717, 1.165) is 49.4 Å². The van der Waals surface area contributed by atoms with Crippen LogP contribution in [0.25, 0.3) is 10.9 Å². The Morgan fingerprint density at radius 3 is 2.66 bits per heavy atom. The molecule has 1 aliphatic carbocycles. The van der Waals surface area contributed by atoms with Crippen molar-refractivity contribution in [3.05, 3.63) is 56.5 Å². The number of hydrogen-bond donors (Lipinski definition) is 0. The molecule has 1 aromatic carbocycles. The lowest BCUT2D eigenvalue weighted by atomic mass is 10.1. The summed E-state index contributed by atoms with van der Waals surface area (Å²) in [5, 5.41) is 3.37. The lowest BCUT2D eigenvalue weighted by Crippen LogP contribution is -2.36. The number of para-hydroxylation sites is 1. The van der Waals surface area contributed by atoms with E-state index in [1.165, 1.54) is 11.3 Å². The second kappa shape index (κ2) is 7.37. The van der Waals surface area contributed by atoms with E-state index in [1.54, 1.807) is 0 Å². The molecule has 2 aliphatic rings. The monoisotopic (exact) mass is 408 g/mol. The molecule has 2 aromatic heterocycles. The van der Waals surface area contributed by atoms with Gasteiger partial charge in [0.2, 0.25) is 0 Å². The maximum atomic E-state index is 13.5. The number of fused-ring (bicyclic) bond motifs is 1. The SMILES string of the molecule is Cc1nc(C(=O)N2CCCC2c2nc3ccccc3c(=O)n2C2CCCC2)cs1. The fourth-order valence-corrected chi connectivity index (χ4v) is 5.39. The number of nitrogens with zero attached hydrogens (tertiary/aromatic N) is 4. The zero-order chi connectivity index (χ0) is 20.0. The van der Waals surface area contributed by atoms with E-state index < -0.39 is 0 Å². The molecule has 1 amide bonds. The molecule has 0 bridgehead atoms. The summed E-state index contributed by atoms with van der Waals surface area (Å²) >= 11 is 1.49. The van der Waals surface area contributed by atoms with Gasteiger partial charge in [-0.15, -0.1) is 11.3 Å². The van der Waals surface area contributed by atoms with Crippen LogP contribution in [0.15, 0.2) is 34.4 Å². The van der Waals surface area contributed by atoms with Gasteiger partial charge in [0.05, 0.1) is 22.0 Å². The first-order chi connectivity index (χ1) is 14.1. The Labute approximate surface area is 173 Å². The minimum atomic E-state index is -0.178. The Morgan fingerprint density at radius 2 is 1.90 bits per heavy atom. The molecule has 29 heavy (non-hydrogen) atoms. The van der Waals surface area contributed by atoms with Crippen molar-refractivity contribution >= 4 is 28.1 Å². The third-order valence-electron chi connectivity index (χ3n) is 6.17. The molecule has 0 N–H and O–H groups in total. The van der Waals surface area contributed by atoms with Crippen LogP contribution in [0.2, 0.25) is 0 Å². The van der Waals surface area contributed by atoms with E-state index >= 15 is 0 Å². The van der Waals surface area contributed by atoms with Crippen molar-refractivity contribution in [3.8, 4) is 0 Å². The summed E-state index contributed by atoms with van der Waals surface area (Å²) in [4.78, 5) is 37.8. The number of likely N-dealkylation sites (tertiary alicyclic amines) is 1. The average molecular weight is 409 g/mol. The standard InChI is InChI=1S/C22H24N4O2S/c1-14-23-18(13-29-14)22(28)25-12-6-11-19(25)20-24-17-10-5-4-9-16(17)21(27)26(20)15-7-2-3-8-15/h4-5,9-10,13,15,19H,2-3,6-8,11-12H2,1H3. The summed E-state index contributed by atoms with van der Waals surface area (Å²) in [5.74, 6) is 0.690. The molecule has 5 rings (SSSR count). The molecule has 0 spiro atoms. The Bertz CT molecular complexity index is 1130. The van der Waals surface area contributed by atoms with Crippen molar-refractivity contribution in [1.82, 2.24) is 19.4 Å². The third kappa shape index (κ3) is 3.17. The van der Waals surface area contributed by atoms with Crippen LogP contribution in [0.4, 0.5) is 0 Å². The molecule has 1 saturated heterocycles. The van der Waals surface area contributed by atoms with Crippen molar-refractivity contribution in [2.45, 2.75) is 57.5 Å². The number of aryl methyl sites for hydroxylation is 1. The van der Waals surface area contributed by atoms with E-state index in [2.05, 4.69) is 4.98 Å². The summed E-state index contributed by atoms with van der Waals surface area (Å²) in [5.41, 5.74) is 1.24. The topological polar surface area (TPSA) is 68.1 Å². The highest BCUT2D eigenvalue weighted by molar-refractivity contribution is 7.09. The van der Waals surface area contributed by atoms with Gasteiger partial charge in [0.1, 0.15) is 11.5 Å². The molecule has 2 fully saturated rings. The predicted octanol–water partition coefficient (Wildman–Crippen LogP) is 4.25. The fourth-order valence-electron chi connectivity index (χ4n) is 4.80. The maximum Gasteiger partial charge on any atom is 0.273 e. The lowest BCUT2D eigenvalue weighted by molar-refractivity contribution is 0.0719. The Hall–Kier alpha value is -2.54. The molecule has 1 atom stereocenters. The van der Waals surface area contributed by atoms with E-state index in [1.807, 2.05) is 46.0 Å². The molecule has 1 aliphatic heterocycles. The quantitative estimate of drug-likeness (QED) is 0.650. The molecular formula is C22H24N4O2S. The Morgan fingerprint density at radius 1 is 1.10 bits per heavy atom. The van der Waals surface area contributed by atoms with Gasteiger partial charge < -0.3 is 4.90 Å². The number of amides is 1. The van der Waals surface area contributed by atoms with Gasteiger partial charge in [0.25, 0.3) is 11.5 Å². The van der Waals surface area contributed by atoms with Crippen molar-refractivity contribution in [1.29, 1.82) is 0 Å². The van der Waals surface area contributed by atoms with Crippen LogP contribution >= 0.6 is 11.3 Å². The molecule has 0 radical (unpaired) electrons. The highest BCUT2D eigenvalue weighted by Gasteiger charge is 2.36. The molecular weight excluding hydrogens is 384 g/mol. The largest absolute Gasteiger partial charge is 0.327 e. The second-order valence-electron chi connectivity index (χ2n) is 8.01. The van der Waals surface area contributed by atoms with Crippen molar-refractivity contribution in [2.75, 3.05) is 6.54 Å². The van der Waals surface area contributed by atoms with Crippen molar-refractivity contribution in [2.24, 2.45) is 0 Å². The van der Waals surface area contributed by atoms with E-state index in [-0.39, 0.29) is 23.6 Å². The fraction of sp³-hybridized carbons (Fsp3) is 0.455. The summed E-state index contributed by atoms with van der Waals surface area (Å²) in [6.07, 6.45) is 6.00. The number of rotatable bonds is 3. The summed E-state index contributed by atoms with van der Waals surface area (Å²) < 4.78 is 1.91. The minimum absolute atomic E-state index is 0.0290. The summed E-state index contributed by atoms with van der Waals surface area (Å²) in [7, 11) is 0. The van der Waals surface area contributed by atoms with Crippen molar-refractivity contribution in [3.63, 3.8) is 0 Å². The van der Waals surface area contributed by atoms with Gasteiger partial charge in [0, 0.05) is 18.0 Å². The zero-order valence-corrected chi connectivity index (χ0v) is 17.3. The average Bonchev–Trinajstić information content (AvgIpc) is 3.49. The number of carbonyl (C=O) groups excluding carboxylic acids is 1. The van der Waals surface area contributed by atoms with Gasteiger partial charge in [-0.1, -0.05) is 25.0 Å². The third-order valence-corrected chi connectivity index (χ3v) is 6.95. The number of benzene rings is 1. The van der Waals surface area contributed by atoms with Crippen LogP contribution in [0.3, 0.4) is 0 Å². The molecule has 150 valence electrons. The first-order valence-electron chi connectivity index (χ1n) is 10.4. The van der Waals surface area contributed by atoms with E-state index in [9.17, 15) is 9.59 Å². The first-order valence-corrected chi connectivity index (χ1v) is 11.3. The van der Waals surface area contributed by atoms with Crippen LogP contribution in [-0.2, 0) is 0 Å². The van der Waals surface area contributed by atoms with Crippen LogP contribution in [0.1, 0.15) is 71.9 Å². The Kier molecular flexibility index (Phi) is 4.70. The maximum absolute atomic E-state index is 13.5. The first kappa shape index (κ1) is 18.5.